The standard InChI is InChI=1S/C6H8O2.C5H8O2/c1-3-5-8-6(7)4-2;1-4(2)5(6)7-3/h3-4H,1-2,5H2;1H2,2-3H3. The van der Waals surface area contributed by atoms with E-state index in [9.17, 15) is 9.59 Å². The minimum absolute atomic E-state index is 0.255. The molecule has 0 saturated carbocycles. The van der Waals surface area contributed by atoms with E-state index in [1.807, 2.05) is 0 Å². The molecule has 4 nitrogen and oxygen atoms in total. The first-order valence-corrected chi connectivity index (χ1v) is 4.13. The highest BCUT2D eigenvalue weighted by Crippen LogP contribution is 1.87. The first-order valence-electron chi connectivity index (χ1n) is 4.13. The number of rotatable bonds is 4. The topological polar surface area (TPSA) is 52.6 Å². The van der Waals surface area contributed by atoms with Crippen molar-refractivity contribution in [2.45, 2.75) is 6.92 Å². The molecular formula is C11H16O4. The molecule has 0 fully saturated rings. The Kier molecular flexibility index (Phi) is 10.7. The van der Waals surface area contributed by atoms with Crippen LogP contribution in [0, 0.1) is 0 Å². The van der Waals surface area contributed by atoms with Gasteiger partial charge in [-0.2, -0.15) is 0 Å². The molecule has 0 aliphatic rings. The number of carbonyl (C=O) groups excluding carboxylic acids is 2. The average molecular weight is 212 g/mol. The maximum atomic E-state index is 10.2. The number of carbonyl (C=O) groups is 2. The van der Waals surface area contributed by atoms with Gasteiger partial charge in [0.05, 0.1) is 7.11 Å². The fraction of sp³-hybridized carbons (Fsp3) is 0.273. The predicted octanol–water partition coefficient (Wildman–Crippen LogP) is 1.64. The third kappa shape index (κ3) is 12.2. The van der Waals surface area contributed by atoms with Crippen molar-refractivity contribution in [1.29, 1.82) is 0 Å². The summed E-state index contributed by atoms with van der Waals surface area (Å²) in [6.07, 6.45) is 2.62. The second-order valence-corrected chi connectivity index (χ2v) is 2.39. The van der Waals surface area contributed by atoms with Gasteiger partial charge in [-0.3, -0.25) is 0 Å². The van der Waals surface area contributed by atoms with Crippen molar-refractivity contribution in [2.24, 2.45) is 0 Å². The molecule has 0 unspecified atom stereocenters. The molecule has 0 atom stereocenters. The van der Waals surface area contributed by atoms with Gasteiger partial charge in [0.15, 0.2) is 0 Å². The quantitative estimate of drug-likeness (QED) is 0.404. The molecule has 84 valence electrons. The summed E-state index contributed by atoms with van der Waals surface area (Å²) < 4.78 is 8.74. The van der Waals surface area contributed by atoms with Crippen molar-refractivity contribution in [2.75, 3.05) is 13.7 Å². The molecule has 0 heterocycles. The van der Waals surface area contributed by atoms with Gasteiger partial charge < -0.3 is 9.47 Å². The Labute approximate surface area is 89.9 Å². The van der Waals surface area contributed by atoms with Crippen LogP contribution >= 0.6 is 0 Å². The molecule has 0 saturated heterocycles. The fourth-order valence-electron chi connectivity index (χ4n) is 0.374. The van der Waals surface area contributed by atoms with Gasteiger partial charge in [0, 0.05) is 11.6 Å². The van der Waals surface area contributed by atoms with Crippen molar-refractivity contribution in [3.63, 3.8) is 0 Å². The van der Waals surface area contributed by atoms with Crippen molar-refractivity contribution in [3.05, 3.63) is 37.5 Å². The maximum absolute atomic E-state index is 10.2. The Morgan fingerprint density at radius 2 is 1.87 bits per heavy atom. The first-order chi connectivity index (χ1) is 6.99. The van der Waals surface area contributed by atoms with Crippen LogP contribution in [0.1, 0.15) is 6.92 Å². The second kappa shape index (κ2) is 10.2. The minimum atomic E-state index is -0.412. The van der Waals surface area contributed by atoms with Gasteiger partial charge in [-0.15, -0.1) is 0 Å². The van der Waals surface area contributed by atoms with Crippen molar-refractivity contribution >= 4 is 11.9 Å². The smallest absolute Gasteiger partial charge is 0.332 e. The summed E-state index contributed by atoms with van der Waals surface area (Å²) in [5.74, 6) is -0.759. The average Bonchev–Trinajstić information content (AvgIpc) is 2.25. The molecule has 0 N–H and O–H groups in total. The van der Waals surface area contributed by atoms with Gasteiger partial charge in [0.1, 0.15) is 6.61 Å². The van der Waals surface area contributed by atoms with Gasteiger partial charge >= 0.3 is 11.9 Å². The molecule has 0 aromatic heterocycles. The summed E-state index contributed by atoms with van der Waals surface area (Å²) in [5.41, 5.74) is 0.433. The summed E-state index contributed by atoms with van der Waals surface area (Å²) in [7, 11) is 1.33. The summed E-state index contributed by atoms with van der Waals surface area (Å²) in [4.78, 5) is 20.4. The molecule has 0 aromatic rings. The normalized spacial score (nSPS) is 7.60. The fourth-order valence-corrected chi connectivity index (χ4v) is 0.374. The molecule has 0 aliphatic heterocycles. The van der Waals surface area contributed by atoms with Gasteiger partial charge in [-0.25, -0.2) is 9.59 Å². The third-order valence-electron chi connectivity index (χ3n) is 1.04. The van der Waals surface area contributed by atoms with E-state index in [4.69, 9.17) is 0 Å². The molecule has 4 heteroatoms. The van der Waals surface area contributed by atoms with E-state index in [2.05, 4.69) is 29.2 Å². The van der Waals surface area contributed by atoms with Gasteiger partial charge in [0.25, 0.3) is 0 Å². The van der Waals surface area contributed by atoms with E-state index >= 15 is 0 Å². The van der Waals surface area contributed by atoms with Crippen molar-refractivity contribution < 1.29 is 19.1 Å². The number of hydrogen-bond acceptors (Lipinski definition) is 4. The van der Waals surface area contributed by atoms with E-state index in [0.717, 1.165) is 6.08 Å². The SMILES string of the molecule is C=C(C)C(=O)OC.C=CCOC(=O)C=C. The Morgan fingerprint density at radius 3 is 2.07 bits per heavy atom. The Balaban J connectivity index is 0. The third-order valence-corrected chi connectivity index (χ3v) is 1.04. The second-order valence-electron chi connectivity index (χ2n) is 2.39. The van der Waals surface area contributed by atoms with Crippen LogP contribution in [-0.4, -0.2) is 25.7 Å². The van der Waals surface area contributed by atoms with Crippen molar-refractivity contribution in [1.82, 2.24) is 0 Å². The molecule has 15 heavy (non-hydrogen) atoms. The van der Waals surface area contributed by atoms with Gasteiger partial charge in [-0.1, -0.05) is 25.8 Å². The van der Waals surface area contributed by atoms with Crippen molar-refractivity contribution in [3.8, 4) is 0 Å². The van der Waals surface area contributed by atoms with E-state index in [1.54, 1.807) is 6.92 Å². The zero-order chi connectivity index (χ0) is 12.3. The highest BCUT2D eigenvalue weighted by atomic mass is 16.5. The van der Waals surface area contributed by atoms with Crippen LogP contribution in [0.2, 0.25) is 0 Å². The first kappa shape index (κ1) is 15.6. The van der Waals surface area contributed by atoms with Crippen LogP contribution < -0.4 is 0 Å². The summed E-state index contributed by atoms with van der Waals surface area (Å²) in [6, 6.07) is 0. The molecule has 0 rings (SSSR count). The van der Waals surface area contributed by atoms with Crippen LogP contribution in [0.25, 0.3) is 0 Å². The summed E-state index contributed by atoms with van der Waals surface area (Å²) in [6.45, 7) is 11.8. The Bertz CT molecular complexity index is 253. The summed E-state index contributed by atoms with van der Waals surface area (Å²) >= 11 is 0. The van der Waals surface area contributed by atoms with Crippen LogP contribution in [0.3, 0.4) is 0 Å². The van der Waals surface area contributed by atoms with Crippen LogP contribution in [-0.2, 0) is 19.1 Å². The summed E-state index contributed by atoms with van der Waals surface area (Å²) in [5, 5.41) is 0. The lowest BCUT2D eigenvalue weighted by molar-refractivity contribution is -0.137. The highest BCUT2D eigenvalue weighted by molar-refractivity contribution is 5.86. The van der Waals surface area contributed by atoms with E-state index < -0.39 is 5.97 Å². The Morgan fingerprint density at radius 1 is 1.33 bits per heavy atom. The number of esters is 2. The lowest BCUT2D eigenvalue weighted by Gasteiger charge is -1.92. The minimum Gasteiger partial charge on any atom is -0.466 e. The molecular weight excluding hydrogens is 196 g/mol. The predicted molar refractivity (Wildman–Crippen MR) is 58.2 cm³/mol. The van der Waals surface area contributed by atoms with Crippen LogP contribution in [0.4, 0.5) is 0 Å². The largest absolute Gasteiger partial charge is 0.466 e. The van der Waals surface area contributed by atoms with Crippen LogP contribution in [0.15, 0.2) is 37.5 Å². The van der Waals surface area contributed by atoms with Crippen LogP contribution in [0.5, 0.6) is 0 Å². The zero-order valence-electron chi connectivity index (χ0n) is 9.12. The van der Waals surface area contributed by atoms with E-state index in [-0.39, 0.29) is 12.6 Å². The monoisotopic (exact) mass is 212 g/mol. The maximum Gasteiger partial charge on any atom is 0.332 e. The molecule has 0 aromatic carbocycles. The van der Waals surface area contributed by atoms with E-state index in [1.165, 1.54) is 13.2 Å². The molecule has 0 spiro atoms. The van der Waals surface area contributed by atoms with E-state index in [0.29, 0.717) is 5.57 Å². The lowest BCUT2D eigenvalue weighted by atomic mass is 10.4. The molecule has 0 radical (unpaired) electrons. The Hall–Kier alpha value is -1.84. The lowest BCUT2D eigenvalue weighted by Crippen LogP contribution is -1.98. The molecule has 0 aliphatic carbocycles. The zero-order valence-corrected chi connectivity index (χ0v) is 9.12. The molecule has 0 amide bonds. The highest BCUT2D eigenvalue weighted by Gasteiger charge is 1.95. The molecule has 0 bridgehead atoms. The number of methoxy groups -OCH3 is 1. The number of ether oxygens (including phenoxy) is 2. The number of hydrogen-bond donors (Lipinski definition) is 0. The van der Waals surface area contributed by atoms with Gasteiger partial charge in [0.2, 0.25) is 0 Å². The van der Waals surface area contributed by atoms with Gasteiger partial charge in [-0.05, 0) is 6.92 Å².